The number of hydrogen-bond acceptors (Lipinski definition) is 7. The molecule has 0 radical (unpaired) electrons. The highest BCUT2D eigenvalue weighted by molar-refractivity contribution is 5.93. The second-order valence-electron chi connectivity index (χ2n) is 9.74. The van der Waals surface area contributed by atoms with Gasteiger partial charge in [0, 0.05) is 43.2 Å². The van der Waals surface area contributed by atoms with Gasteiger partial charge in [0.15, 0.2) is 5.82 Å². The molecule has 1 aliphatic carbocycles. The van der Waals surface area contributed by atoms with E-state index in [-0.39, 0.29) is 5.82 Å². The van der Waals surface area contributed by atoms with Gasteiger partial charge >= 0.3 is 0 Å². The Morgan fingerprint density at radius 2 is 1.85 bits per heavy atom. The minimum Gasteiger partial charge on any atom is -0.380 e. The first-order chi connectivity index (χ1) is 16.1. The van der Waals surface area contributed by atoms with Crippen molar-refractivity contribution in [1.82, 2.24) is 20.4 Å². The van der Waals surface area contributed by atoms with Crippen molar-refractivity contribution in [1.29, 1.82) is 0 Å². The molecule has 2 aliphatic heterocycles. The number of pyridine rings is 1. The third-order valence-electron chi connectivity index (χ3n) is 7.30. The van der Waals surface area contributed by atoms with Crippen molar-refractivity contribution >= 4 is 16.7 Å². The fourth-order valence-electron chi connectivity index (χ4n) is 5.29. The Bertz CT molecular complexity index is 1180. The van der Waals surface area contributed by atoms with Crippen LogP contribution in [0.2, 0.25) is 0 Å². The smallest absolute Gasteiger partial charge is 0.261 e. The number of anilines is 1. The van der Waals surface area contributed by atoms with Crippen molar-refractivity contribution in [3.63, 3.8) is 0 Å². The van der Waals surface area contributed by atoms with E-state index in [1.165, 1.54) is 0 Å². The van der Waals surface area contributed by atoms with Crippen LogP contribution in [-0.2, 0) is 4.74 Å². The molecule has 2 saturated heterocycles. The summed E-state index contributed by atoms with van der Waals surface area (Å²) < 4.78 is 26.0. The van der Waals surface area contributed by atoms with Crippen LogP contribution in [0, 0.1) is 19.7 Å². The second kappa shape index (κ2) is 8.33. The van der Waals surface area contributed by atoms with Crippen LogP contribution in [0.5, 0.6) is 0 Å². The number of aromatic nitrogens is 3. The Kier molecular flexibility index (Phi) is 5.30. The molecule has 1 saturated carbocycles. The molecule has 2 aromatic heterocycles. The summed E-state index contributed by atoms with van der Waals surface area (Å²) in [4.78, 5) is 11.8. The van der Waals surface area contributed by atoms with Gasteiger partial charge in [-0.1, -0.05) is 5.16 Å². The van der Waals surface area contributed by atoms with Gasteiger partial charge in [0.25, 0.3) is 5.89 Å². The zero-order valence-electron chi connectivity index (χ0n) is 19.2. The third kappa shape index (κ3) is 3.99. The van der Waals surface area contributed by atoms with Crippen molar-refractivity contribution < 1.29 is 13.7 Å². The monoisotopic (exact) mass is 451 g/mol. The molecule has 7 nitrogen and oxygen atoms in total. The van der Waals surface area contributed by atoms with E-state index < -0.39 is 0 Å². The average molecular weight is 452 g/mol. The molecule has 8 heteroatoms. The number of fused-ring (bicyclic) bond motifs is 1. The molecular formula is C25H30FN5O2. The van der Waals surface area contributed by atoms with E-state index in [0.29, 0.717) is 35.2 Å². The molecule has 0 unspecified atom stereocenters. The molecule has 6 rings (SSSR count). The van der Waals surface area contributed by atoms with Crippen molar-refractivity contribution in [3.8, 4) is 11.5 Å². The fraction of sp³-hybridized carbons (Fsp3) is 0.560. The number of nitrogens with zero attached hydrogens (tertiary/aromatic N) is 4. The van der Waals surface area contributed by atoms with Crippen molar-refractivity contribution in [2.24, 2.45) is 0 Å². The predicted molar refractivity (Wildman–Crippen MR) is 124 cm³/mol. The topological polar surface area (TPSA) is 76.3 Å². The highest BCUT2D eigenvalue weighted by Gasteiger charge is 2.31. The van der Waals surface area contributed by atoms with Gasteiger partial charge in [-0.05, 0) is 69.1 Å². The molecule has 3 aromatic rings. The van der Waals surface area contributed by atoms with E-state index >= 15 is 0 Å². The molecule has 174 valence electrons. The summed E-state index contributed by atoms with van der Waals surface area (Å²) in [5, 5.41) is 8.74. The fourth-order valence-corrected chi connectivity index (χ4v) is 5.29. The summed E-state index contributed by atoms with van der Waals surface area (Å²) in [6, 6.07) is 4.53. The third-order valence-corrected chi connectivity index (χ3v) is 7.30. The Hall–Kier alpha value is -2.58. The van der Waals surface area contributed by atoms with Gasteiger partial charge in [0.2, 0.25) is 0 Å². The highest BCUT2D eigenvalue weighted by atomic mass is 19.1. The maximum atomic E-state index is 14.9. The lowest BCUT2D eigenvalue weighted by Gasteiger charge is -2.35. The Labute approximate surface area is 192 Å². The Balaban J connectivity index is 1.37. The number of aryl methyl sites for hydroxylation is 2. The molecule has 1 atom stereocenters. The van der Waals surface area contributed by atoms with E-state index in [9.17, 15) is 4.39 Å². The van der Waals surface area contributed by atoms with E-state index in [4.69, 9.17) is 14.2 Å². The quantitative estimate of drug-likeness (QED) is 0.621. The molecule has 3 aliphatic rings. The van der Waals surface area contributed by atoms with E-state index in [1.54, 1.807) is 6.07 Å². The number of benzene rings is 1. The molecule has 33 heavy (non-hydrogen) atoms. The molecular weight excluding hydrogens is 421 g/mol. The van der Waals surface area contributed by atoms with Crippen LogP contribution in [0.3, 0.4) is 0 Å². The van der Waals surface area contributed by atoms with Crippen molar-refractivity contribution in [2.75, 3.05) is 31.2 Å². The molecule has 1 N–H and O–H groups in total. The largest absolute Gasteiger partial charge is 0.380 e. The van der Waals surface area contributed by atoms with E-state index in [0.717, 1.165) is 86.3 Å². The molecule has 0 amide bonds. The van der Waals surface area contributed by atoms with Crippen LogP contribution in [0.15, 0.2) is 16.7 Å². The van der Waals surface area contributed by atoms with E-state index in [1.807, 2.05) is 13.0 Å². The van der Waals surface area contributed by atoms with Crippen LogP contribution in [-0.4, -0.2) is 53.5 Å². The second-order valence-corrected chi connectivity index (χ2v) is 9.74. The number of hydrogen-bond donors (Lipinski definition) is 1. The molecule has 4 heterocycles. The summed E-state index contributed by atoms with van der Waals surface area (Å²) in [6.45, 7) is 7.27. The average Bonchev–Trinajstić information content (AvgIpc) is 3.35. The minimum absolute atomic E-state index is 0.147. The van der Waals surface area contributed by atoms with Gasteiger partial charge in [-0.25, -0.2) is 9.37 Å². The first-order valence-electron chi connectivity index (χ1n) is 12.1. The summed E-state index contributed by atoms with van der Waals surface area (Å²) in [6.07, 6.45) is 5.23. The highest BCUT2D eigenvalue weighted by Crippen LogP contribution is 2.44. The number of halogens is 1. The zero-order chi connectivity index (χ0) is 22.5. The Morgan fingerprint density at radius 1 is 1.03 bits per heavy atom. The number of ether oxygens (including phenoxy) is 1. The van der Waals surface area contributed by atoms with Gasteiger partial charge in [0.05, 0.1) is 17.7 Å². The van der Waals surface area contributed by atoms with Crippen LogP contribution in [0.1, 0.15) is 55.0 Å². The van der Waals surface area contributed by atoms with Gasteiger partial charge in [-0.15, -0.1) is 0 Å². The molecule has 3 fully saturated rings. The maximum Gasteiger partial charge on any atom is 0.261 e. The summed E-state index contributed by atoms with van der Waals surface area (Å²) in [5.74, 6) is 2.07. The van der Waals surface area contributed by atoms with Crippen LogP contribution in [0.25, 0.3) is 22.4 Å². The van der Waals surface area contributed by atoms with Gasteiger partial charge in [0.1, 0.15) is 11.6 Å². The van der Waals surface area contributed by atoms with Gasteiger partial charge < -0.3 is 19.5 Å². The van der Waals surface area contributed by atoms with Gasteiger partial charge in [-0.3, -0.25) is 0 Å². The van der Waals surface area contributed by atoms with Crippen LogP contribution < -0.4 is 10.2 Å². The van der Waals surface area contributed by atoms with Crippen molar-refractivity contribution in [2.45, 2.75) is 64.0 Å². The molecule has 0 bridgehead atoms. The first-order valence-corrected chi connectivity index (χ1v) is 12.1. The molecule has 1 aromatic carbocycles. The van der Waals surface area contributed by atoms with Gasteiger partial charge in [-0.2, -0.15) is 4.98 Å². The lowest BCUT2D eigenvalue weighted by atomic mass is 9.98. The summed E-state index contributed by atoms with van der Waals surface area (Å²) >= 11 is 0. The maximum absolute atomic E-state index is 14.9. The SMILES string of the molecule is Cc1noc(-c2c(N3CCC(N[C@@H]4CCOC4)CC3)nc3cc(F)c(C4CC4)cc3c2C)n1. The van der Waals surface area contributed by atoms with Crippen LogP contribution in [0.4, 0.5) is 10.2 Å². The first kappa shape index (κ1) is 21.0. The number of nitrogens with one attached hydrogen (secondary N) is 1. The predicted octanol–water partition coefficient (Wildman–Crippen LogP) is 4.27. The standard InChI is InChI=1S/C25H30FN5O2/c1-14-19-11-20(16-3-4-16)21(26)12-22(19)29-24(23(14)25-27-15(2)30-33-25)31-8-5-17(6-9-31)28-18-7-10-32-13-18/h11-12,16-18,28H,3-10,13H2,1-2H3/t18-/m1/s1. The normalized spacial score (nSPS) is 21.9. The molecule has 0 spiro atoms. The lowest BCUT2D eigenvalue weighted by molar-refractivity contribution is 0.186. The minimum atomic E-state index is -0.147. The zero-order valence-corrected chi connectivity index (χ0v) is 19.2. The Morgan fingerprint density at radius 3 is 2.52 bits per heavy atom. The number of rotatable bonds is 5. The summed E-state index contributed by atoms with van der Waals surface area (Å²) in [5.41, 5.74) is 3.37. The summed E-state index contributed by atoms with van der Waals surface area (Å²) in [7, 11) is 0. The van der Waals surface area contributed by atoms with Crippen molar-refractivity contribution in [3.05, 3.63) is 34.9 Å². The van der Waals surface area contributed by atoms with E-state index in [2.05, 4.69) is 27.3 Å². The number of piperidine rings is 1. The van der Waals surface area contributed by atoms with Crippen LogP contribution >= 0.6 is 0 Å². The lowest BCUT2D eigenvalue weighted by Crippen LogP contribution is -2.46.